The van der Waals surface area contributed by atoms with Crippen molar-refractivity contribution in [3.8, 4) is 22.9 Å². The number of hydrogen-bond acceptors (Lipinski definition) is 9. The summed E-state index contributed by atoms with van der Waals surface area (Å²) in [6, 6.07) is 13.3. The third-order valence-electron chi connectivity index (χ3n) is 8.80. The number of nitrogens with zero attached hydrogens (tertiary/aromatic N) is 4. The van der Waals surface area contributed by atoms with Crippen molar-refractivity contribution in [3.05, 3.63) is 60.4 Å². The van der Waals surface area contributed by atoms with Crippen LogP contribution in [0.1, 0.15) is 46.1 Å². The molecule has 12 heteroatoms. The predicted octanol–water partition coefficient (Wildman–Crippen LogP) is 5.23. The Balaban J connectivity index is 1.40. The standard InChI is InChI=1S/C32H37BN6O5/c1-19-11-12-22-23(9-6-10-25(22)34)27(19)42-28-24(16-20(17-36-28)33-43-31(2,3)32(4,5)44-33)26-13-14-35-29(38-26)37-21-8-7-15-39(18-21)30(40)41/h6,9-14,16-17,21H,7-8,15,18,34H2,1-5H3,(H,40,41)(H,35,37,38)/t21-/m0/s1. The molecule has 44 heavy (non-hydrogen) atoms. The second kappa shape index (κ2) is 11.3. The highest BCUT2D eigenvalue weighted by molar-refractivity contribution is 6.62. The number of nitrogens with two attached hydrogens (primary N) is 1. The fraction of sp³-hybridized carbons (Fsp3) is 0.375. The highest BCUT2D eigenvalue weighted by Gasteiger charge is 2.52. The van der Waals surface area contributed by atoms with Crippen LogP contribution in [0.3, 0.4) is 0 Å². The van der Waals surface area contributed by atoms with E-state index in [0.29, 0.717) is 47.6 Å². The smallest absolute Gasteiger partial charge is 0.465 e. The van der Waals surface area contributed by atoms with Crippen molar-refractivity contribution in [1.29, 1.82) is 0 Å². The Hall–Kier alpha value is -4.42. The predicted molar refractivity (Wildman–Crippen MR) is 170 cm³/mol. The SMILES string of the molecule is Cc1ccc2c(N)cccc2c1Oc1ncc(B2OC(C)(C)C(C)(C)O2)cc1-c1ccnc(N[C@H]2CCCN(C(=O)O)C2)n1. The molecule has 228 valence electrons. The third kappa shape index (κ3) is 5.62. The van der Waals surface area contributed by atoms with Gasteiger partial charge in [0.15, 0.2) is 0 Å². The van der Waals surface area contributed by atoms with Crippen LogP contribution in [0.5, 0.6) is 11.6 Å². The monoisotopic (exact) mass is 596 g/mol. The first-order valence-electron chi connectivity index (χ1n) is 14.8. The summed E-state index contributed by atoms with van der Waals surface area (Å²) < 4.78 is 19.2. The van der Waals surface area contributed by atoms with Crippen LogP contribution in [0.4, 0.5) is 16.4 Å². The Kier molecular flexibility index (Phi) is 7.58. The highest BCUT2D eigenvalue weighted by atomic mass is 16.7. The van der Waals surface area contributed by atoms with Crippen molar-refractivity contribution in [2.75, 3.05) is 24.1 Å². The summed E-state index contributed by atoms with van der Waals surface area (Å²) in [4.78, 5) is 27.0. The minimum atomic E-state index is -0.927. The number of aromatic nitrogens is 3. The lowest BCUT2D eigenvalue weighted by molar-refractivity contribution is 0.00578. The third-order valence-corrected chi connectivity index (χ3v) is 8.80. The highest BCUT2D eigenvalue weighted by Crippen LogP contribution is 2.39. The van der Waals surface area contributed by atoms with Crippen LogP contribution < -0.4 is 21.3 Å². The molecule has 4 heterocycles. The van der Waals surface area contributed by atoms with Gasteiger partial charge in [0.05, 0.1) is 22.5 Å². The van der Waals surface area contributed by atoms with E-state index in [4.69, 9.17) is 29.7 Å². The second-order valence-electron chi connectivity index (χ2n) is 12.4. The second-order valence-corrected chi connectivity index (χ2v) is 12.4. The number of amides is 1. The van der Waals surface area contributed by atoms with Crippen molar-refractivity contribution >= 4 is 41.1 Å². The number of nitrogens with one attached hydrogen (secondary N) is 1. The minimum absolute atomic E-state index is 0.108. The van der Waals surface area contributed by atoms with E-state index in [2.05, 4.69) is 10.3 Å². The quantitative estimate of drug-likeness (QED) is 0.200. The van der Waals surface area contributed by atoms with Crippen LogP contribution in [0.15, 0.2) is 54.9 Å². The molecule has 0 aliphatic carbocycles. The molecule has 2 aromatic carbocycles. The van der Waals surface area contributed by atoms with Crippen molar-refractivity contribution in [3.63, 3.8) is 0 Å². The molecule has 1 amide bonds. The van der Waals surface area contributed by atoms with Gasteiger partial charge in [0, 0.05) is 53.4 Å². The molecule has 2 aliphatic rings. The lowest BCUT2D eigenvalue weighted by Gasteiger charge is -2.32. The van der Waals surface area contributed by atoms with Gasteiger partial charge in [-0.3, -0.25) is 0 Å². The fourth-order valence-corrected chi connectivity index (χ4v) is 5.57. The number of rotatable bonds is 6. The van der Waals surface area contributed by atoms with Crippen LogP contribution in [-0.2, 0) is 9.31 Å². The van der Waals surface area contributed by atoms with Gasteiger partial charge in [-0.25, -0.2) is 19.7 Å². The summed E-state index contributed by atoms with van der Waals surface area (Å²) in [5, 5.41) is 14.6. The fourth-order valence-electron chi connectivity index (χ4n) is 5.57. The minimum Gasteiger partial charge on any atom is -0.465 e. The van der Waals surface area contributed by atoms with E-state index in [1.54, 1.807) is 18.5 Å². The molecule has 0 radical (unpaired) electrons. The molecule has 2 aliphatic heterocycles. The topological polar surface area (TPSA) is 145 Å². The first-order valence-corrected chi connectivity index (χ1v) is 14.8. The van der Waals surface area contributed by atoms with Gasteiger partial charge in [-0.1, -0.05) is 24.3 Å². The summed E-state index contributed by atoms with van der Waals surface area (Å²) in [5.41, 5.74) is 8.74. The number of ether oxygens (including phenoxy) is 1. The molecule has 1 atom stereocenters. The molecule has 0 unspecified atom stereocenters. The summed E-state index contributed by atoms with van der Waals surface area (Å²) >= 11 is 0. The number of pyridine rings is 1. The summed E-state index contributed by atoms with van der Waals surface area (Å²) in [6.45, 7) is 10.9. The number of nitrogen functional groups attached to an aromatic ring is 1. The van der Waals surface area contributed by atoms with Gasteiger partial charge in [0.1, 0.15) is 5.75 Å². The average Bonchev–Trinajstić information content (AvgIpc) is 3.21. The summed E-state index contributed by atoms with van der Waals surface area (Å²) in [7, 11) is -0.636. The molecule has 0 spiro atoms. The molecule has 4 aromatic rings. The number of piperidine rings is 1. The maximum Gasteiger partial charge on any atom is 0.496 e. The van der Waals surface area contributed by atoms with Crippen LogP contribution in [0.2, 0.25) is 0 Å². The number of aryl methyl sites for hydroxylation is 1. The van der Waals surface area contributed by atoms with E-state index in [0.717, 1.165) is 34.6 Å². The molecule has 2 fully saturated rings. The molecular formula is C32H37BN6O5. The van der Waals surface area contributed by atoms with Gasteiger partial charge < -0.3 is 35.1 Å². The maximum absolute atomic E-state index is 11.5. The van der Waals surface area contributed by atoms with Gasteiger partial charge in [0.25, 0.3) is 0 Å². The number of benzene rings is 2. The van der Waals surface area contributed by atoms with Crippen molar-refractivity contribution < 1.29 is 23.9 Å². The zero-order chi connectivity index (χ0) is 31.2. The van der Waals surface area contributed by atoms with E-state index in [1.807, 2.05) is 71.0 Å². The van der Waals surface area contributed by atoms with Gasteiger partial charge in [-0.05, 0) is 71.2 Å². The summed E-state index contributed by atoms with van der Waals surface area (Å²) in [5.74, 6) is 1.39. The lowest BCUT2D eigenvalue weighted by Crippen LogP contribution is -2.44. The van der Waals surface area contributed by atoms with Gasteiger partial charge in [0.2, 0.25) is 11.8 Å². The average molecular weight is 596 g/mol. The van der Waals surface area contributed by atoms with E-state index in [9.17, 15) is 9.90 Å². The Morgan fingerprint density at radius 2 is 1.89 bits per heavy atom. The number of anilines is 2. The van der Waals surface area contributed by atoms with E-state index < -0.39 is 24.4 Å². The number of carbonyl (C=O) groups is 1. The van der Waals surface area contributed by atoms with Crippen LogP contribution in [0, 0.1) is 6.92 Å². The zero-order valence-corrected chi connectivity index (χ0v) is 25.6. The number of likely N-dealkylation sites (tertiary alicyclic amines) is 1. The number of hydrogen-bond donors (Lipinski definition) is 3. The van der Waals surface area contributed by atoms with Crippen molar-refractivity contribution in [2.45, 2.75) is 64.7 Å². The Morgan fingerprint density at radius 3 is 2.64 bits per heavy atom. The lowest BCUT2D eigenvalue weighted by atomic mass is 9.79. The molecule has 0 bridgehead atoms. The maximum atomic E-state index is 11.5. The zero-order valence-electron chi connectivity index (χ0n) is 25.6. The molecule has 6 rings (SSSR count). The Morgan fingerprint density at radius 1 is 1.11 bits per heavy atom. The molecular weight excluding hydrogens is 559 g/mol. The number of carboxylic acid groups (broad SMARTS) is 1. The molecule has 0 saturated carbocycles. The van der Waals surface area contributed by atoms with Gasteiger partial charge >= 0.3 is 13.2 Å². The van der Waals surface area contributed by atoms with Crippen LogP contribution >= 0.6 is 0 Å². The normalized spacial score (nSPS) is 19.2. The first-order chi connectivity index (χ1) is 20.9. The first kappa shape index (κ1) is 29.6. The van der Waals surface area contributed by atoms with E-state index in [-0.39, 0.29) is 6.04 Å². The molecule has 2 saturated heterocycles. The van der Waals surface area contributed by atoms with Gasteiger partial charge in [-0.2, -0.15) is 0 Å². The van der Waals surface area contributed by atoms with E-state index in [1.165, 1.54) is 4.90 Å². The summed E-state index contributed by atoms with van der Waals surface area (Å²) in [6.07, 6.45) is 4.02. The molecule has 4 N–H and O–H groups in total. The molecule has 2 aromatic heterocycles. The van der Waals surface area contributed by atoms with E-state index >= 15 is 0 Å². The van der Waals surface area contributed by atoms with Gasteiger partial charge in [-0.15, -0.1) is 0 Å². The number of fused-ring (bicyclic) bond motifs is 1. The Labute approximate surface area is 256 Å². The van der Waals surface area contributed by atoms with Crippen LogP contribution in [-0.4, -0.2) is 68.5 Å². The molecule has 11 nitrogen and oxygen atoms in total. The largest absolute Gasteiger partial charge is 0.496 e. The van der Waals surface area contributed by atoms with Crippen molar-refractivity contribution in [1.82, 2.24) is 19.9 Å². The van der Waals surface area contributed by atoms with Crippen molar-refractivity contribution in [2.24, 2.45) is 0 Å². The van der Waals surface area contributed by atoms with Crippen LogP contribution in [0.25, 0.3) is 22.0 Å². The Bertz CT molecular complexity index is 1720.